The Morgan fingerprint density at radius 3 is 2.06 bits per heavy atom. The maximum Gasteiger partial charge on any atom is 0.416 e. The van der Waals surface area contributed by atoms with Crippen molar-refractivity contribution in [1.82, 2.24) is 4.72 Å². The van der Waals surface area contributed by atoms with E-state index >= 15 is 0 Å². The minimum Gasteiger partial charge on any atom is -0.488 e. The van der Waals surface area contributed by atoms with Gasteiger partial charge in [0.1, 0.15) is 17.4 Å². The molecule has 186 valence electrons. The first-order valence-corrected chi connectivity index (χ1v) is 11.5. The fourth-order valence-corrected chi connectivity index (χ4v) is 5.00. The van der Waals surface area contributed by atoms with Gasteiger partial charge in [0.2, 0.25) is 10.0 Å². The molecule has 34 heavy (non-hydrogen) atoms. The van der Waals surface area contributed by atoms with Crippen LogP contribution in [-0.2, 0) is 22.4 Å². The highest BCUT2D eigenvalue weighted by atomic mass is 32.2. The Labute approximate surface area is 190 Å². The maximum atomic E-state index is 13.1. The highest BCUT2D eigenvalue weighted by Crippen LogP contribution is 2.37. The van der Waals surface area contributed by atoms with E-state index in [4.69, 9.17) is 4.74 Å². The van der Waals surface area contributed by atoms with Crippen molar-refractivity contribution in [2.45, 2.75) is 55.1 Å². The zero-order valence-electron chi connectivity index (χ0n) is 17.3. The average molecular weight is 511 g/mol. The third-order valence-corrected chi connectivity index (χ3v) is 6.75. The molecule has 2 atom stereocenters. The van der Waals surface area contributed by atoms with Crippen LogP contribution in [-0.4, -0.2) is 31.6 Å². The van der Waals surface area contributed by atoms with E-state index in [1.165, 1.54) is 24.3 Å². The molecule has 0 aromatic heterocycles. The molecule has 1 aliphatic rings. The molecule has 1 fully saturated rings. The molecule has 2 aromatic rings. The number of aromatic carboxylic acids is 1. The summed E-state index contributed by atoms with van der Waals surface area (Å²) in [4.78, 5) is 10.2. The SMILES string of the molecule is O=C(O)c1ccccc1O[C@@H]1CCCC[C@H]1NS(=O)(=O)c1cc(C(F)(F)F)cc(C(F)(F)F)c1. The molecule has 6 nitrogen and oxygen atoms in total. The number of halogens is 6. The van der Waals surface area contributed by atoms with Crippen LogP contribution >= 0.6 is 0 Å². The fourth-order valence-electron chi connectivity index (χ4n) is 3.63. The summed E-state index contributed by atoms with van der Waals surface area (Å²) in [7, 11) is -4.82. The van der Waals surface area contributed by atoms with E-state index in [0.29, 0.717) is 12.8 Å². The van der Waals surface area contributed by atoms with Crippen LogP contribution in [0.25, 0.3) is 0 Å². The van der Waals surface area contributed by atoms with E-state index in [-0.39, 0.29) is 42.4 Å². The number of sulfonamides is 1. The van der Waals surface area contributed by atoms with E-state index in [1.807, 2.05) is 0 Å². The summed E-state index contributed by atoms with van der Waals surface area (Å²) in [5.41, 5.74) is -3.69. The number of carbonyl (C=O) groups is 1. The van der Waals surface area contributed by atoms with E-state index in [1.54, 1.807) is 0 Å². The summed E-state index contributed by atoms with van der Waals surface area (Å²) in [6, 6.07) is 4.71. The van der Waals surface area contributed by atoms with E-state index in [9.17, 15) is 44.7 Å². The molecule has 1 saturated carbocycles. The molecule has 0 amide bonds. The molecule has 13 heteroatoms. The normalized spacial score (nSPS) is 19.6. The summed E-state index contributed by atoms with van der Waals surface area (Å²) in [6.45, 7) is 0. The van der Waals surface area contributed by atoms with Crippen molar-refractivity contribution in [3.8, 4) is 5.75 Å². The largest absolute Gasteiger partial charge is 0.488 e. The molecule has 0 saturated heterocycles. The van der Waals surface area contributed by atoms with Gasteiger partial charge in [0.15, 0.2) is 0 Å². The zero-order chi connectivity index (χ0) is 25.3. The molecule has 1 aliphatic carbocycles. The Balaban J connectivity index is 1.93. The molecule has 2 N–H and O–H groups in total. The van der Waals surface area contributed by atoms with Gasteiger partial charge in [-0.15, -0.1) is 0 Å². The van der Waals surface area contributed by atoms with Gasteiger partial charge in [-0.3, -0.25) is 0 Å². The Morgan fingerprint density at radius 2 is 1.50 bits per heavy atom. The number of rotatable bonds is 6. The van der Waals surface area contributed by atoms with Crippen molar-refractivity contribution in [3.63, 3.8) is 0 Å². The van der Waals surface area contributed by atoms with Gasteiger partial charge in [0, 0.05) is 0 Å². The van der Waals surface area contributed by atoms with Crippen molar-refractivity contribution in [3.05, 3.63) is 59.2 Å². The van der Waals surface area contributed by atoms with Gasteiger partial charge in [0.25, 0.3) is 0 Å². The second kappa shape index (κ2) is 9.45. The Hall–Kier alpha value is -2.80. The minimum absolute atomic E-state index is 0.0375. The number of carboxylic acids is 1. The summed E-state index contributed by atoms with van der Waals surface area (Å²) >= 11 is 0. The number of alkyl halides is 6. The minimum atomic E-state index is -5.21. The lowest BCUT2D eigenvalue weighted by molar-refractivity contribution is -0.143. The topological polar surface area (TPSA) is 92.7 Å². The number of carboxylic acid groups (broad SMARTS) is 1. The van der Waals surface area contributed by atoms with Crippen LogP contribution in [0.5, 0.6) is 5.75 Å². The third kappa shape index (κ3) is 6.00. The molecule has 0 spiro atoms. The highest BCUT2D eigenvalue weighted by Gasteiger charge is 2.39. The smallest absolute Gasteiger partial charge is 0.416 e. The fraction of sp³-hybridized carbons (Fsp3) is 0.381. The van der Waals surface area contributed by atoms with Crippen molar-refractivity contribution in [1.29, 1.82) is 0 Å². The molecule has 2 aromatic carbocycles. The summed E-state index contributed by atoms with van der Waals surface area (Å²) in [5, 5.41) is 9.30. The van der Waals surface area contributed by atoms with Gasteiger partial charge < -0.3 is 9.84 Å². The van der Waals surface area contributed by atoms with Gasteiger partial charge in [-0.1, -0.05) is 18.6 Å². The Morgan fingerprint density at radius 1 is 0.941 bits per heavy atom. The average Bonchev–Trinajstić information content (AvgIpc) is 2.73. The van der Waals surface area contributed by atoms with Crippen LogP contribution in [0.4, 0.5) is 26.3 Å². The molecule has 0 unspecified atom stereocenters. The second-order valence-electron chi connectivity index (χ2n) is 7.71. The van der Waals surface area contributed by atoms with Crippen LogP contribution in [0.15, 0.2) is 47.4 Å². The lowest BCUT2D eigenvalue weighted by Gasteiger charge is -2.32. The monoisotopic (exact) mass is 511 g/mol. The molecule has 0 radical (unpaired) electrons. The first kappa shape index (κ1) is 25.8. The molecule has 3 rings (SSSR count). The van der Waals surface area contributed by atoms with Crippen molar-refractivity contribution in [2.24, 2.45) is 0 Å². The zero-order valence-corrected chi connectivity index (χ0v) is 18.1. The molecule has 0 aliphatic heterocycles. The lowest BCUT2D eigenvalue weighted by atomic mass is 9.93. The van der Waals surface area contributed by atoms with Crippen LogP contribution in [0.3, 0.4) is 0 Å². The van der Waals surface area contributed by atoms with Crippen molar-refractivity contribution < 1.29 is 49.4 Å². The second-order valence-corrected chi connectivity index (χ2v) is 9.43. The van der Waals surface area contributed by atoms with E-state index < -0.39 is 56.5 Å². The number of hydrogen-bond acceptors (Lipinski definition) is 4. The number of nitrogens with one attached hydrogen (secondary N) is 1. The summed E-state index contributed by atoms with van der Waals surface area (Å²) in [5.74, 6) is -1.32. The Bertz CT molecular complexity index is 1130. The maximum absolute atomic E-state index is 13.1. The third-order valence-electron chi connectivity index (χ3n) is 5.28. The molecule has 0 bridgehead atoms. The van der Waals surface area contributed by atoms with Gasteiger partial charge in [0.05, 0.1) is 22.1 Å². The molecular weight excluding hydrogens is 492 g/mol. The van der Waals surface area contributed by atoms with Crippen molar-refractivity contribution in [2.75, 3.05) is 0 Å². The van der Waals surface area contributed by atoms with Gasteiger partial charge in [-0.2, -0.15) is 26.3 Å². The van der Waals surface area contributed by atoms with Crippen molar-refractivity contribution >= 4 is 16.0 Å². The first-order chi connectivity index (χ1) is 15.7. The number of benzene rings is 2. The highest BCUT2D eigenvalue weighted by molar-refractivity contribution is 7.89. The number of hydrogen-bond donors (Lipinski definition) is 2. The Kier molecular flexibility index (Phi) is 7.18. The van der Waals surface area contributed by atoms with Gasteiger partial charge in [-0.25, -0.2) is 17.9 Å². The van der Waals surface area contributed by atoms with E-state index in [2.05, 4.69) is 4.72 Å². The standard InChI is InChI=1S/C21H19F6NO5S/c22-20(23,24)12-9-13(21(25,26)27)11-14(10-12)34(31,32)28-16-6-2-4-8-18(16)33-17-7-3-1-5-15(17)19(29)30/h1,3,5,7,9-11,16,18,28H,2,4,6,8H2,(H,29,30)/t16-,18-/m1/s1. The van der Waals surface area contributed by atoms with Crippen LogP contribution < -0.4 is 9.46 Å². The van der Waals surface area contributed by atoms with Gasteiger partial charge in [-0.05, 0) is 49.6 Å². The number of ether oxygens (including phenoxy) is 1. The molecular formula is C21H19F6NO5S. The van der Waals surface area contributed by atoms with Crippen LogP contribution in [0.2, 0.25) is 0 Å². The summed E-state index contributed by atoms with van der Waals surface area (Å²) < 4.78 is 112. The summed E-state index contributed by atoms with van der Waals surface area (Å²) in [6.07, 6.45) is -9.71. The predicted octanol–water partition coefficient (Wildman–Crippen LogP) is 5.09. The molecule has 0 heterocycles. The van der Waals surface area contributed by atoms with Gasteiger partial charge >= 0.3 is 18.3 Å². The quantitative estimate of drug-likeness (QED) is 0.527. The lowest BCUT2D eigenvalue weighted by Crippen LogP contribution is -2.47. The van der Waals surface area contributed by atoms with Crippen LogP contribution in [0.1, 0.15) is 47.2 Å². The first-order valence-electron chi connectivity index (χ1n) is 9.99. The predicted molar refractivity (Wildman–Crippen MR) is 107 cm³/mol. The van der Waals surface area contributed by atoms with Crippen LogP contribution in [0, 0.1) is 0 Å². The van der Waals surface area contributed by atoms with E-state index in [0.717, 1.165) is 0 Å². The number of para-hydroxylation sites is 1.